The van der Waals surface area contributed by atoms with Gasteiger partial charge in [0, 0.05) is 13.0 Å². The first-order valence-electron chi connectivity index (χ1n) is 7.97. The van der Waals surface area contributed by atoms with Crippen LogP contribution in [0.3, 0.4) is 0 Å². The fourth-order valence-electron chi connectivity index (χ4n) is 3.36. The van der Waals surface area contributed by atoms with Crippen LogP contribution in [0.4, 0.5) is 0 Å². The van der Waals surface area contributed by atoms with Crippen LogP contribution in [-0.4, -0.2) is 36.5 Å². The number of benzene rings is 2. The Morgan fingerprint density at radius 3 is 2.71 bits per heavy atom. The van der Waals surface area contributed by atoms with Gasteiger partial charge in [0.25, 0.3) is 0 Å². The van der Waals surface area contributed by atoms with Gasteiger partial charge in [0.15, 0.2) is 6.10 Å². The van der Waals surface area contributed by atoms with Crippen LogP contribution in [0.25, 0.3) is 0 Å². The molecule has 3 rings (SSSR count). The lowest BCUT2D eigenvalue weighted by atomic mass is 9.97. The van der Waals surface area contributed by atoms with Crippen molar-refractivity contribution in [1.82, 2.24) is 5.32 Å². The van der Waals surface area contributed by atoms with E-state index in [1.54, 1.807) is 25.3 Å². The molecule has 0 saturated heterocycles. The lowest BCUT2D eigenvalue weighted by Gasteiger charge is -2.31. The number of ether oxygens (including phenoxy) is 2. The Bertz CT molecular complexity index is 746. The summed E-state index contributed by atoms with van der Waals surface area (Å²) in [4.78, 5) is 0. The van der Waals surface area contributed by atoms with Gasteiger partial charge >= 0.3 is 0 Å². The van der Waals surface area contributed by atoms with Gasteiger partial charge in [0.2, 0.25) is 0 Å². The van der Waals surface area contributed by atoms with E-state index in [1.807, 2.05) is 32.2 Å². The molecule has 0 aliphatic heterocycles. The number of aryl methyl sites for hydroxylation is 1. The number of aliphatic hydroxyl groups is 1. The minimum Gasteiger partial charge on any atom is -0.508 e. The number of hydrogen-bond donors (Lipinski definition) is 3. The molecule has 2 atom stereocenters. The minimum absolute atomic E-state index is 0.196. The molecule has 0 amide bonds. The average Bonchev–Trinajstić information content (AvgIpc) is 2.81. The first-order chi connectivity index (χ1) is 11.5. The fourth-order valence-corrected chi connectivity index (χ4v) is 3.36. The molecule has 5 nitrogen and oxygen atoms in total. The number of rotatable bonds is 5. The average molecular weight is 329 g/mol. The molecule has 0 heterocycles. The van der Waals surface area contributed by atoms with Crippen molar-refractivity contribution in [3.63, 3.8) is 0 Å². The maximum atomic E-state index is 11.2. The number of nitrogens with one attached hydrogen (secondary N) is 1. The van der Waals surface area contributed by atoms with Crippen molar-refractivity contribution in [2.75, 3.05) is 20.7 Å². The first-order valence-corrected chi connectivity index (χ1v) is 7.97. The van der Waals surface area contributed by atoms with Crippen LogP contribution >= 0.6 is 0 Å². The van der Waals surface area contributed by atoms with Crippen LogP contribution in [0.2, 0.25) is 0 Å². The fraction of sp³-hybridized carbons (Fsp3) is 0.368. The molecule has 0 radical (unpaired) electrons. The Morgan fingerprint density at radius 2 is 2.04 bits per heavy atom. The van der Waals surface area contributed by atoms with Crippen LogP contribution in [0, 0.1) is 6.92 Å². The van der Waals surface area contributed by atoms with E-state index in [1.165, 1.54) is 0 Å². The number of likely N-dealkylation sites (N-methyl/N-ethyl adjacent to an activating group) is 1. The van der Waals surface area contributed by atoms with Crippen molar-refractivity contribution in [3.8, 4) is 17.2 Å². The molecule has 2 aromatic carbocycles. The van der Waals surface area contributed by atoms with Crippen LogP contribution < -0.4 is 14.8 Å². The van der Waals surface area contributed by atoms with E-state index >= 15 is 0 Å². The second-order valence-electron chi connectivity index (χ2n) is 6.32. The molecule has 24 heavy (non-hydrogen) atoms. The number of hydrogen-bond acceptors (Lipinski definition) is 5. The molecule has 0 spiro atoms. The third kappa shape index (κ3) is 2.92. The lowest BCUT2D eigenvalue weighted by molar-refractivity contribution is -0.0487. The third-order valence-corrected chi connectivity index (χ3v) is 4.50. The van der Waals surface area contributed by atoms with Crippen molar-refractivity contribution in [3.05, 3.63) is 53.1 Å². The molecule has 5 heteroatoms. The summed E-state index contributed by atoms with van der Waals surface area (Å²) in [5.74, 6) is 1.61. The Morgan fingerprint density at radius 1 is 1.25 bits per heavy atom. The van der Waals surface area contributed by atoms with Crippen LogP contribution in [-0.2, 0) is 6.42 Å². The Hall–Kier alpha value is -2.24. The topological polar surface area (TPSA) is 71.0 Å². The van der Waals surface area contributed by atoms with Gasteiger partial charge in [-0.2, -0.15) is 0 Å². The largest absolute Gasteiger partial charge is 0.508 e. The van der Waals surface area contributed by atoms with Crippen molar-refractivity contribution in [2.45, 2.75) is 25.0 Å². The van der Waals surface area contributed by atoms with Gasteiger partial charge < -0.3 is 25.0 Å². The van der Waals surface area contributed by atoms with Gasteiger partial charge in [-0.1, -0.05) is 6.07 Å². The van der Waals surface area contributed by atoms with Crippen LogP contribution in [0.5, 0.6) is 17.2 Å². The zero-order valence-electron chi connectivity index (χ0n) is 14.2. The predicted octanol–water partition coefficient (Wildman–Crippen LogP) is 2.34. The highest BCUT2D eigenvalue weighted by molar-refractivity contribution is 5.45. The normalized spacial score (nSPS) is 22.2. The zero-order chi connectivity index (χ0) is 17.3. The highest BCUT2D eigenvalue weighted by Gasteiger charge is 2.46. The summed E-state index contributed by atoms with van der Waals surface area (Å²) in [6.07, 6.45) is -0.00331. The summed E-state index contributed by atoms with van der Waals surface area (Å²) >= 11 is 0. The van der Waals surface area contributed by atoms with E-state index in [4.69, 9.17) is 9.47 Å². The van der Waals surface area contributed by atoms with E-state index in [9.17, 15) is 10.2 Å². The second kappa shape index (κ2) is 6.34. The van der Waals surface area contributed by atoms with E-state index in [2.05, 4.69) is 5.32 Å². The molecule has 3 N–H and O–H groups in total. The Labute approximate surface area is 141 Å². The molecule has 2 aromatic rings. The molecule has 1 aliphatic carbocycles. The Balaban J connectivity index is 1.99. The molecule has 0 saturated carbocycles. The summed E-state index contributed by atoms with van der Waals surface area (Å²) in [6, 6.07) is 10.7. The quantitative estimate of drug-likeness (QED) is 0.785. The van der Waals surface area contributed by atoms with Crippen molar-refractivity contribution >= 4 is 0 Å². The second-order valence-corrected chi connectivity index (χ2v) is 6.32. The number of aromatic hydroxyl groups is 1. The van der Waals surface area contributed by atoms with Crippen LogP contribution in [0.1, 0.15) is 22.8 Å². The third-order valence-electron chi connectivity index (χ3n) is 4.50. The maximum Gasteiger partial charge on any atom is 0.154 e. The number of phenols is 1. The highest BCUT2D eigenvalue weighted by atomic mass is 16.5. The molecule has 0 bridgehead atoms. The summed E-state index contributed by atoms with van der Waals surface area (Å²) in [5.41, 5.74) is 1.76. The molecule has 1 aliphatic rings. The summed E-state index contributed by atoms with van der Waals surface area (Å²) in [5, 5.41) is 23.8. The minimum atomic E-state index is -1.05. The highest BCUT2D eigenvalue weighted by Crippen LogP contribution is 2.44. The number of fused-ring (bicyclic) bond motifs is 1. The summed E-state index contributed by atoms with van der Waals surface area (Å²) < 4.78 is 11.5. The van der Waals surface area contributed by atoms with E-state index in [0.717, 1.165) is 22.4 Å². The van der Waals surface area contributed by atoms with Gasteiger partial charge in [0.05, 0.1) is 7.11 Å². The van der Waals surface area contributed by atoms with E-state index in [-0.39, 0.29) is 5.75 Å². The molecular formula is C19H23NO4. The molecule has 0 fully saturated rings. The van der Waals surface area contributed by atoms with E-state index < -0.39 is 11.7 Å². The maximum absolute atomic E-state index is 11.2. The van der Waals surface area contributed by atoms with Gasteiger partial charge in [-0.15, -0.1) is 0 Å². The first kappa shape index (κ1) is 16.6. The predicted molar refractivity (Wildman–Crippen MR) is 91.8 cm³/mol. The molecule has 128 valence electrons. The van der Waals surface area contributed by atoms with Crippen molar-refractivity contribution in [2.24, 2.45) is 0 Å². The molecule has 0 aromatic heterocycles. The summed E-state index contributed by atoms with van der Waals surface area (Å²) in [7, 11) is 3.44. The number of phenolic OH excluding ortho intramolecular Hbond substituents is 1. The SMILES string of the molecule is CNCC1(O)Cc2cc(OC)ccc2C1Oc1ccc(O)cc1C. The van der Waals surface area contributed by atoms with Gasteiger partial charge in [-0.3, -0.25) is 0 Å². The standard InChI is InChI=1S/C19H23NO4/c1-12-8-14(21)4-7-17(12)24-18-16-6-5-15(23-3)9-13(16)10-19(18,22)11-20-2/h4-9,18,20-22H,10-11H2,1-3H3. The Kier molecular flexibility index (Phi) is 4.39. The molecule has 2 unspecified atom stereocenters. The van der Waals surface area contributed by atoms with Crippen molar-refractivity contribution < 1.29 is 19.7 Å². The van der Waals surface area contributed by atoms with E-state index in [0.29, 0.717) is 18.7 Å². The monoisotopic (exact) mass is 329 g/mol. The van der Waals surface area contributed by atoms with Crippen LogP contribution in [0.15, 0.2) is 36.4 Å². The number of methoxy groups -OCH3 is 1. The van der Waals surface area contributed by atoms with Gasteiger partial charge in [-0.05, 0) is 61.0 Å². The summed E-state index contributed by atoms with van der Waals surface area (Å²) in [6.45, 7) is 2.28. The zero-order valence-corrected chi connectivity index (χ0v) is 14.2. The smallest absolute Gasteiger partial charge is 0.154 e. The van der Waals surface area contributed by atoms with Gasteiger partial charge in [0.1, 0.15) is 22.8 Å². The van der Waals surface area contributed by atoms with Crippen molar-refractivity contribution in [1.29, 1.82) is 0 Å². The molecular weight excluding hydrogens is 306 g/mol. The van der Waals surface area contributed by atoms with Gasteiger partial charge in [-0.25, -0.2) is 0 Å². The lowest BCUT2D eigenvalue weighted by Crippen LogP contribution is -2.45.